The van der Waals surface area contributed by atoms with Gasteiger partial charge in [-0.25, -0.2) is 0 Å². The van der Waals surface area contributed by atoms with Crippen LogP contribution in [-0.4, -0.2) is 18.6 Å². The number of rotatable bonds is 2. The van der Waals surface area contributed by atoms with Crippen LogP contribution in [0.25, 0.3) is 0 Å². The normalized spacial score (nSPS) is 19.3. The largest absolute Gasteiger partial charge is 0.479 e. The molecule has 16 heavy (non-hydrogen) atoms. The van der Waals surface area contributed by atoms with E-state index in [1.54, 1.807) is 11.8 Å². The van der Waals surface area contributed by atoms with Crippen LogP contribution in [-0.2, 0) is 11.3 Å². The Hall–Kier alpha value is -1.55. The van der Waals surface area contributed by atoms with Gasteiger partial charge in [-0.3, -0.25) is 4.79 Å². The molecule has 4 heteroatoms. The summed E-state index contributed by atoms with van der Waals surface area (Å²) in [4.78, 5) is 13.6. The lowest BCUT2D eigenvalue weighted by molar-refractivity contribution is -0.125. The zero-order chi connectivity index (χ0) is 11.7. The molecule has 1 amide bonds. The Balaban J connectivity index is 2.48. The number of hydrogen-bond donors (Lipinski definition) is 1. The molecule has 0 bridgehead atoms. The second-order valence-electron chi connectivity index (χ2n) is 3.85. The highest BCUT2D eigenvalue weighted by atomic mass is 16.5. The summed E-state index contributed by atoms with van der Waals surface area (Å²) in [5.74, 6) is 0.760. The van der Waals surface area contributed by atoms with Gasteiger partial charge in [0.25, 0.3) is 5.91 Å². The highest BCUT2D eigenvalue weighted by molar-refractivity contribution is 5.99. The molecule has 0 aromatic heterocycles. The minimum Gasteiger partial charge on any atom is -0.479 e. The van der Waals surface area contributed by atoms with Gasteiger partial charge < -0.3 is 15.4 Å². The van der Waals surface area contributed by atoms with Gasteiger partial charge in [-0.05, 0) is 31.5 Å². The first-order valence-electron chi connectivity index (χ1n) is 5.48. The monoisotopic (exact) mass is 220 g/mol. The highest BCUT2D eigenvalue weighted by Crippen LogP contribution is 2.34. The van der Waals surface area contributed by atoms with Crippen molar-refractivity contribution in [3.05, 3.63) is 23.8 Å². The Labute approximate surface area is 95.0 Å². The molecule has 1 aromatic carbocycles. The molecule has 4 nitrogen and oxygen atoms in total. The van der Waals surface area contributed by atoms with Crippen molar-refractivity contribution in [1.29, 1.82) is 0 Å². The van der Waals surface area contributed by atoms with Crippen LogP contribution in [0.2, 0.25) is 0 Å². The van der Waals surface area contributed by atoms with Crippen LogP contribution >= 0.6 is 0 Å². The molecule has 1 aliphatic heterocycles. The second-order valence-corrected chi connectivity index (χ2v) is 3.85. The summed E-state index contributed by atoms with van der Waals surface area (Å²) in [6.45, 7) is 4.84. The number of anilines is 1. The van der Waals surface area contributed by atoms with E-state index < -0.39 is 6.10 Å². The van der Waals surface area contributed by atoms with Crippen LogP contribution in [0.3, 0.4) is 0 Å². The molecule has 1 aromatic rings. The van der Waals surface area contributed by atoms with Crippen molar-refractivity contribution in [2.45, 2.75) is 26.5 Å². The van der Waals surface area contributed by atoms with Crippen molar-refractivity contribution in [2.24, 2.45) is 5.73 Å². The van der Waals surface area contributed by atoms with E-state index in [2.05, 4.69) is 0 Å². The van der Waals surface area contributed by atoms with E-state index in [-0.39, 0.29) is 5.91 Å². The zero-order valence-corrected chi connectivity index (χ0v) is 9.56. The van der Waals surface area contributed by atoms with E-state index in [9.17, 15) is 4.79 Å². The maximum absolute atomic E-state index is 11.9. The fourth-order valence-electron chi connectivity index (χ4n) is 1.91. The Bertz CT molecular complexity index is 417. The van der Waals surface area contributed by atoms with Crippen molar-refractivity contribution in [2.75, 3.05) is 11.4 Å². The van der Waals surface area contributed by atoms with E-state index in [1.165, 1.54) is 0 Å². The van der Waals surface area contributed by atoms with E-state index in [0.717, 1.165) is 17.0 Å². The number of nitrogens with two attached hydrogens (primary N) is 1. The molecule has 1 atom stereocenters. The summed E-state index contributed by atoms with van der Waals surface area (Å²) in [6, 6.07) is 5.72. The summed E-state index contributed by atoms with van der Waals surface area (Å²) in [5, 5.41) is 0. The fourth-order valence-corrected chi connectivity index (χ4v) is 1.91. The third-order valence-electron chi connectivity index (χ3n) is 2.78. The number of nitrogens with zero attached hydrogens (tertiary/aromatic N) is 1. The van der Waals surface area contributed by atoms with Crippen LogP contribution in [0, 0.1) is 0 Å². The molecule has 0 saturated carbocycles. The zero-order valence-electron chi connectivity index (χ0n) is 9.56. The lowest BCUT2D eigenvalue weighted by atomic mass is 10.1. The maximum atomic E-state index is 11.9. The van der Waals surface area contributed by atoms with E-state index in [1.807, 2.05) is 25.1 Å². The molecule has 2 N–H and O–H groups in total. The number of hydrogen-bond acceptors (Lipinski definition) is 3. The van der Waals surface area contributed by atoms with Gasteiger partial charge in [-0.1, -0.05) is 6.07 Å². The van der Waals surface area contributed by atoms with Gasteiger partial charge in [0.2, 0.25) is 0 Å². The second kappa shape index (κ2) is 4.14. The number of fused-ring (bicyclic) bond motifs is 1. The van der Waals surface area contributed by atoms with E-state index in [4.69, 9.17) is 10.5 Å². The smallest absolute Gasteiger partial charge is 0.267 e. The van der Waals surface area contributed by atoms with Crippen LogP contribution in [0.5, 0.6) is 5.75 Å². The topological polar surface area (TPSA) is 55.6 Å². The van der Waals surface area contributed by atoms with Gasteiger partial charge in [-0.15, -0.1) is 0 Å². The van der Waals surface area contributed by atoms with Gasteiger partial charge in [0, 0.05) is 13.1 Å². The lowest BCUT2D eigenvalue weighted by Gasteiger charge is -2.32. The Morgan fingerprint density at radius 2 is 2.25 bits per heavy atom. The van der Waals surface area contributed by atoms with Crippen molar-refractivity contribution in [3.8, 4) is 5.75 Å². The number of amides is 1. The summed E-state index contributed by atoms with van der Waals surface area (Å²) in [5.41, 5.74) is 7.42. The summed E-state index contributed by atoms with van der Waals surface area (Å²) in [6.07, 6.45) is -0.406. The predicted molar refractivity (Wildman–Crippen MR) is 62.5 cm³/mol. The molecule has 86 valence electrons. The SMILES string of the molecule is CCN1C(=O)C(C)Oc2ccc(CN)cc21. The predicted octanol–water partition coefficient (Wildman–Crippen LogP) is 1.28. The highest BCUT2D eigenvalue weighted by Gasteiger charge is 2.30. The van der Waals surface area contributed by atoms with Crippen LogP contribution in [0.1, 0.15) is 19.4 Å². The van der Waals surface area contributed by atoms with Crippen molar-refractivity contribution in [1.82, 2.24) is 0 Å². The molecular formula is C12H16N2O2. The lowest BCUT2D eigenvalue weighted by Crippen LogP contribution is -2.44. The number of ether oxygens (including phenoxy) is 1. The van der Waals surface area contributed by atoms with Crippen LogP contribution in [0.15, 0.2) is 18.2 Å². The number of likely N-dealkylation sites (N-methyl/N-ethyl adjacent to an activating group) is 1. The third kappa shape index (κ3) is 1.65. The molecule has 0 spiro atoms. The first kappa shape index (κ1) is 11.0. The van der Waals surface area contributed by atoms with Crippen molar-refractivity contribution >= 4 is 11.6 Å². The molecule has 0 saturated heterocycles. The number of carbonyl (C=O) groups is 1. The maximum Gasteiger partial charge on any atom is 0.267 e. The van der Waals surface area contributed by atoms with Crippen LogP contribution < -0.4 is 15.4 Å². The Morgan fingerprint density at radius 3 is 2.88 bits per heavy atom. The molecule has 1 aliphatic rings. The third-order valence-corrected chi connectivity index (χ3v) is 2.78. The Kier molecular flexibility index (Phi) is 2.83. The van der Waals surface area contributed by atoms with E-state index >= 15 is 0 Å². The van der Waals surface area contributed by atoms with Gasteiger partial charge in [0.15, 0.2) is 6.10 Å². The van der Waals surface area contributed by atoms with Crippen molar-refractivity contribution < 1.29 is 9.53 Å². The van der Waals surface area contributed by atoms with E-state index in [0.29, 0.717) is 13.1 Å². The standard InChI is InChI=1S/C12H16N2O2/c1-3-14-10-6-9(7-13)4-5-11(10)16-8(2)12(14)15/h4-6,8H,3,7,13H2,1-2H3. The van der Waals surface area contributed by atoms with Gasteiger partial charge in [0.05, 0.1) is 5.69 Å². The average Bonchev–Trinajstić information content (AvgIpc) is 2.30. The van der Waals surface area contributed by atoms with Gasteiger partial charge in [-0.2, -0.15) is 0 Å². The molecule has 1 unspecified atom stereocenters. The molecule has 2 rings (SSSR count). The molecule has 0 radical (unpaired) electrons. The summed E-state index contributed by atoms with van der Waals surface area (Å²) < 4.78 is 5.54. The number of carbonyl (C=O) groups excluding carboxylic acids is 1. The molecule has 0 aliphatic carbocycles. The van der Waals surface area contributed by atoms with Crippen molar-refractivity contribution in [3.63, 3.8) is 0 Å². The molecule has 1 heterocycles. The van der Waals surface area contributed by atoms with Crippen LogP contribution in [0.4, 0.5) is 5.69 Å². The quantitative estimate of drug-likeness (QED) is 0.816. The molecular weight excluding hydrogens is 204 g/mol. The average molecular weight is 220 g/mol. The fraction of sp³-hybridized carbons (Fsp3) is 0.417. The Morgan fingerprint density at radius 1 is 1.50 bits per heavy atom. The van der Waals surface area contributed by atoms with Gasteiger partial charge in [0.1, 0.15) is 5.75 Å². The molecule has 0 fully saturated rings. The first-order valence-corrected chi connectivity index (χ1v) is 5.48. The van der Waals surface area contributed by atoms with Gasteiger partial charge >= 0.3 is 0 Å². The minimum absolute atomic E-state index is 0.00386. The number of benzene rings is 1. The summed E-state index contributed by atoms with van der Waals surface area (Å²) >= 11 is 0. The summed E-state index contributed by atoms with van der Waals surface area (Å²) in [7, 11) is 0. The minimum atomic E-state index is -0.406. The first-order chi connectivity index (χ1) is 7.67.